The Balaban J connectivity index is 2.34. The highest BCUT2D eigenvalue weighted by atomic mass is 79.9. The van der Waals surface area contributed by atoms with E-state index < -0.39 is 0 Å². The van der Waals surface area contributed by atoms with Crippen molar-refractivity contribution in [3.05, 3.63) is 59.2 Å². The number of hydrogen-bond acceptors (Lipinski definition) is 1. The summed E-state index contributed by atoms with van der Waals surface area (Å²) in [5, 5.41) is 0.337. The average molecular weight is 313 g/mol. The summed E-state index contributed by atoms with van der Waals surface area (Å²) in [6.07, 6.45) is 0. The topological polar surface area (TPSA) is 9.23 Å². The molecular formula is C14H11BrF2O. The zero-order valence-corrected chi connectivity index (χ0v) is 11.3. The first kappa shape index (κ1) is 13.0. The van der Waals surface area contributed by atoms with E-state index in [4.69, 9.17) is 4.74 Å². The fourth-order valence-electron chi connectivity index (χ4n) is 1.53. The van der Waals surface area contributed by atoms with Gasteiger partial charge in [0.25, 0.3) is 0 Å². The van der Waals surface area contributed by atoms with Gasteiger partial charge >= 0.3 is 0 Å². The summed E-state index contributed by atoms with van der Waals surface area (Å²) in [6, 6.07) is 9.13. The lowest BCUT2D eigenvalue weighted by atomic mass is 10.2. The maximum Gasteiger partial charge on any atom is 0.134 e. The predicted molar refractivity (Wildman–Crippen MR) is 70.2 cm³/mol. The maximum absolute atomic E-state index is 13.5. The highest BCUT2D eigenvalue weighted by Gasteiger charge is 2.09. The Bertz CT molecular complexity index is 570. The zero-order chi connectivity index (χ0) is 13.1. The first-order valence-corrected chi connectivity index (χ1v) is 6.51. The molecule has 0 aromatic heterocycles. The molecule has 0 atom stereocenters. The van der Waals surface area contributed by atoms with E-state index in [1.807, 2.05) is 0 Å². The van der Waals surface area contributed by atoms with Gasteiger partial charge in [-0.1, -0.05) is 28.1 Å². The third-order valence-corrected chi connectivity index (χ3v) is 3.14. The van der Waals surface area contributed by atoms with Gasteiger partial charge in [-0.25, -0.2) is 8.78 Å². The van der Waals surface area contributed by atoms with E-state index in [1.54, 1.807) is 31.2 Å². The van der Waals surface area contributed by atoms with Crippen molar-refractivity contribution < 1.29 is 13.5 Å². The smallest absolute Gasteiger partial charge is 0.134 e. The highest BCUT2D eigenvalue weighted by molar-refractivity contribution is 9.08. The van der Waals surface area contributed by atoms with Crippen LogP contribution in [0.5, 0.6) is 11.5 Å². The van der Waals surface area contributed by atoms with Crippen molar-refractivity contribution in [3.8, 4) is 11.5 Å². The first-order chi connectivity index (χ1) is 8.61. The molecule has 0 unspecified atom stereocenters. The lowest BCUT2D eigenvalue weighted by molar-refractivity contribution is 0.465. The molecule has 0 amide bonds. The van der Waals surface area contributed by atoms with E-state index >= 15 is 0 Å². The summed E-state index contributed by atoms with van der Waals surface area (Å²) in [4.78, 5) is 0. The number of benzene rings is 2. The molecule has 0 saturated heterocycles. The molecule has 0 saturated carbocycles. The molecule has 1 nitrogen and oxygen atoms in total. The van der Waals surface area contributed by atoms with Crippen LogP contribution in [0.15, 0.2) is 36.4 Å². The lowest BCUT2D eigenvalue weighted by Gasteiger charge is -2.10. The van der Waals surface area contributed by atoms with Gasteiger partial charge in [0.2, 0.25) is 0 Å². The molecule has 0 aliphatic carbocycles. The van der Waals surface area contributed by atoms with Gasteiger partial charge in [0, 0.05) is 17.0 Å². The largest absolute Gasteiger partial charge is 0.457 e. The van der Waals surface area contributed by atoms with Crippen LogP contribution in [-0.2, 0) is 5.33 Å². The summed E-state index contributed by atoms with van der Waals surface area (Å²) in [6.45, 7) is 1.67. The Morgan fingerprint density at radius 2 is 1.89 bits per heavy atom. The van der Waals surface area contributed by atoms with Crippen molar-refractivity contribution in [3.63, 3.8) is 0 Å². The summed E-state index contributed by atoms with van der Waals surface area (Å²) in [7, 11) is 0. The maximum atomic E-state index is 13.5. The Morgan fingerprint density at radius 3 is 2.56 bits per heavy atom. The van der Waals surface area contributed by atoms with Crippen LogP contribution in [0.2, 0.25) is 0 Å². The molecule has 0 spiro atoms. The second-order valence-corrected chi connectivity index (χ2v) is 4.42. The van der Waals surface area contributed by atoms with Crippen LogP contribution < -0.4 is 4.74 Å². The molecule has 0 N–H and O–H groups in total. The third-order valence-electron chi connectivity index (χ3n) is 2.58. The third kappa shape index (κ3) is 2.70. The van der Waals surface area contributed by atoms with E-state index in [0.29, 0.717) is 28.0 Å². The Hall–Kier alpha value is -1.42. The highest BCUT2D eigenvalue weighted by Crippen LogP contribution is 2.29. The molecular weight excluding hydrogens is 302 g/mol. The molecule has 2 aromatic carbocycles. The van der Waals surface area contributed by atoms with E-state index in [1.165, 1.54) is 12.1 Å². The predicted octanol–water partition coefficient (Wildman–Crippen LogP) is 4.96. The number of rotatable bonds is 3. The molecule has 0 aliphatic rings. The number of alkyl halides is 1. The summed E-state index contributed by atoms with van der Waals surface area (Å²) >= 11 is 3.20. The molecule has 18 heavy (non-hydrogen) atoms. The fourth-order valence-corrected chi connectivity index (χ4v) is 2.07. The van der Waals surface area contributed by atoms with Crippen molar-refractivity contribution in [2.45, 2.75) is 12.3 Å². The van der Waals surface area contributed by atoms with Crippen molar-refractivity contribution >= 4 is 15.9 Å². The Labute approximate surface area is 113 Å². The second-order valence-electron chi connectivity index (χ2n) is 3.86. The molecule has 0 heterocycles. The molecule has 0 aliphatic heterocycles. The van der Waals surface area contributed by atoms with Gasteiger partial charge in [-0.05, 0) is 30.7 Å². The van der Waals surface area contributed by atoms with Crippen LogP contribution in [0.3, 0.4) is 0 Å². The lowest BCUT2D eigenvalue weighted by Crippen LogP contribution is -1.94. The molecule has 2 aromatic rings. The second kappa shape index (κ2) is 5.48. The Kier molecular flexibility index (Phi) is 3.97. The van der Waals surface area contributed by atoms with Crippen molar-refractivity contribution in [2.24, 2.45) is 0 Å². The van der Waals surface area contributed by atoms with E-state index in [2.05, 4.69) is 15.9 Å². The minimum Gasteiger partial charge on any atom is -0.457 e. The van der Waals surface area contributed by atoms with Crippen LogP contribution in [0, 0.1) is 18.6 Å². The van der Waals surface area contributed by atoms with Crippen LogP contribution in [-0.4, -0.2) is 0 Å². The van der Waals surface area contributed by atoms with Gasteiger partial charge in [0.05, 0.1) is 0 Å². The van der Waals surface area contributed by atoms with Gasteiger partial charge in [-0.3, -0.25) is 0 Å². The van der Waals surface area contributed by atoms with Gasteiger partial charge < -0.3 is 4.74 Å². The van der Waals surface area contributed by atoms with Crippen LogP contribution >= 0.6 is 15.9 Å². The Morgan fingerprint density at radius 1 is 1.11 bits per heavy atom. The minimum atomic E-state index is -0.350. The molecule has 4 heteroatoms. The van der Waals surface area contributed by atoms with Crippen molar-refractivity contribution in [1.82, 2.24) is 0 Å². The standard InChI is InChI=1S/C14H11BrF2O/c1-9-5-6-10(7-13(9)17)18-14-4-2-3-12(16)11(14)8-15/h2-7H,8H2,1H3. The summed E-state index contributed by atoms with van der Waals surface area (Å²) in [5.41, 5.74) is 0.959. The van der Waals surface area contributed by atoms with Crippen molar-refractivity contribution in [1.29, 1.82) is 0 Å². The monoisotopic (exact) mass is 312 g/mol. The molecule has 94 valence electrons. The molecule has 0 fully saturated rings. The number of ether oxygens (including phenoxy) is 1. The van der Waals surface area contributed by atoms with Crippen LogP contribution in [0.1, 0.15) is 11.1 Å². The number of hydrogen-bond donors (Lipinski definition) is 0. The van der Waals surface area contributed by atoms with Gasteiger partial charge in [0.15, 0.2) is 0 Å². The van der Waals surface area contributed by atoms with Gasteiger partial charge in [-0.15, -0.1) is 0 Å². The summed E-state index contributed by atoms with van der Waals surface area (Å²) in [5.74, 6) is 0.0438. The molecule has 2 rings (SSSR count). The quantitative estimate of drug-likeness (QED) is 0.728. The normalized spacial score (nSPS) is 10.4. The minimum absolute atomic E-state index is 0.337. The fraction of sp³-hybridized carbons (Fsp3) is 0.143. The summed E-state index contributed by atoms with van der Waals surface area (Å²) < 4.78 is 32.4. The number of halogens is 3. The SMILES string of the molecule is Cc1ccc(Oc2cccc(F)c2CBr)cc1F. The van der Waals surface area contributed by atoms with Gasteiger partial charge in [-0.2, -0.15) is 0 Å². The van der Waals surface area contributed by atoms with Crippen molar-refractivity contribution in [2.75, 3.05) is 0 Å². The first-order valence-electron chi connectivity index (χ1n) is 5.39. The van der Waals surface area contributed by atoms with Gasteiger partial charge in [0.1, 0.15) is 23.1 Å². The molecule has 0 radical (unpaired) electrons. The zero-order valence-electron chi connectivity index (χ0n) is 9.71. The van der Waals surface area contributed by atoms with E-state index in [9.17, 15) is 8.78 Å². The number of aryl methyl sites for hydroxylation is 1. The average Bonchev–Trinajstić information content (AvgIpc) is 2.34. The molecule has 0 bridgehead atoms. The van der Waals surface area contributed by atoms with E-state index in [-0.39, 0.29) is 11.6 Å². The van der Waals surface area contributed by atoms with Crippen LogP contribution in [0.4, 0.5) is 8.78 Å². The van der Waals surface area contributed by atoms with Crippen LogP contribution in [0.25, 0.3) is 0 Å². The van der Waals surface area contributed by atoms with E-state index in [0.717, 1.165) is 0 Å².